The van der Waals surface area contributed by atoms with Crippen LogP contribution >= 0.6 is 0 Å². The summed E-state index contributed by atoms with van der Waals surface area (Å²) < 4.78 is 0. The molecule has 1 aromatic heterocycles. The van der Waals surface area contributed by atoms with Crippen LogP contribution < -0.4 is 30.5 Å². The van der Waals surface area contributed by atoms with Crippen LogP contribution in [0.3, 0.4) is 0 Å². The average molecular weight is 170 g/mol. The van der Waals surface area contributed by atoms with E-state index in [-0.39, 0.29) is 27.7 Å². The highest BCUT2D eigenvalue weighted by Gasteiger charge is 1.82. The van der Waals surface area contributed by atoms with Crippen molar-refractivity contribution in [1.29, 1.82) is 0 Å². The number of imidazole rings is 1. The summed E-state index contributed by atoms with van der Waals surface area (Å²) in [5.74, 6) is 0.833. The Balaban J connectivity index is -0.0000000612. The summed E-state index contributed by atoms with van der Waals surface area (Å²) in [6.07, 6.45) is 3.43. The van der Waals surface area contributed by atoms with Gasteiger partial charge in [0.1, 0.15) is 5.82 Å². The number of aromatic amines is 1. The van der Waals surface area contributed by atoms with Crippen molar-refractivity contribution in [3.05, 3.63) is 18.2 Å². The van der Waals surface area contributed by atoms with Gasteiger partial charge in [0, 0.05) is 12.4 Å². The minimum Gasteiger partial charge on any atom is -1.00 e. The molecule has 0 atom stereocenters. The van der Waals surface area contributed by atoms with Crippen LogP contribution in [-0.4, -0.2) is 9.97 Å². The second kappa shape index (κ2) is 5.88. The third-order valence-corrected chi connectivity index (χ3v) is 0.748. The number of aromatic nitrogens is 2. The summed E-state index contributed by atoms with van der Waals surface area (Å²) in [4.78, 5) is 6.70. The van der Waals surface area contributed by atoms with E-state index in [0.717, 1.165) is 5.82 Å². The van der Waals surface area contributed by atoms with E-state index < -0.39 is 0 Å². The molecule has 54 valence electrons. The van der Waals surface area contributed by atoms with Crippen LogP contribution in [-0.2, 0) is 6.54 Å². The lowest BCUT2D eigenvalue weighted by molar-refractivity contribution is -0.00100. The molecule has 9 heavy (non-hydrogen) atoms. The van der Waals surface area contributed by atoms with Crippen molar-refractivity contribution >= 4 is 0 Å². The smallest absolute Gasteiger partial charge is 1.00 e. The summed E-state index contributed by atoms with van der Waals surface area (Å²) in [7, 11) is 0. The Kier molecular flexibility index (Phi) is 7.53. The summed E-state index contributed by atoms with van der Waals surface area (Å²) in [6, 6.07) is 0. The molecule has 1 heterocycles. The van der Waals surface area contributed by atoms with E-state index in [1.807, 2.05) is 0 Å². The number of nitrogens with two attached hydrogens (primary N) is 1. The lowest BCUT2D eigenvalue weighted by atomic mass is 10.6. The highest BCUT2D eigenvalue weighted by atomic mass is 35.5. The van der Waals surface area contributed by atoms with Crippen LogP contribution in [0.2, 0.25) is 0 Å². The lowest BCUT2D eigenvalue weighted by Crippen LogP contribution is -3.00. The number of nitrogens with zero attached hydrogens (tertiary/aromatic N) is 1. The predicted octanol–water partition coefficient (Wildman–Crippen LogP) is -5.90. The molecule has 0 amide bonds. The van der Waals surface area contributed by atoms with E-state index >= 15 is 0 Å². The van der Waals surface area contributed by atoms with Gasteiger partial charge in [-0.2, -0.15) is 0 Å². The van der Waals surface area contributed by atoms with Gasteiger partial charge in [0.15, 0.2) is 0 Å². The first kappa shape index (κ1) is 11.5. The van der Waals surface area contributed by atoms with E-state index in [1.54, 1.807) is 12.4 Å². The molecule has 1 rings (SSSR count). The van der Waals surface area contributed by atoms with Crippen molar-refractivity contribution in [1.82, 2.24) is 9.97 Å². The van der Waals surface area contributed by atoms with Gasteiger partial charge in [0.25, 0.3) is 0 Å². The Labute approximate surface area is 68.8 Å². The maximum absolute atomic E-state index is 5.20. The number of halogens is 2. The van der Waals surface area contributed by atoms with Gasteiger partial charge >= 0.3 is 2.85 Å². The number of nitrogens with one attached hydrogen (secondary N) is 1. The van der Waals surface area contributed by atoms with Gasteiger partial charge in [-0.15, -0.1) is 0 Å². The van der Waals surface area contributed by atoms with E-state index in [9.17, 15) is 0 Å². The summed E-state index contributed by atoms with van der Waals surface area (Å²) in [5, 5.41) is 0. The van der Waals surface area contributed by atoms with E-state index in [4.69, 9.17) is 5.73 Å². The monoisotopic (exact) mass is 169 g/mol. The highest BCUT2D eigenvalue weighted by molar-refractivity contribution is 4.84. The molecular formula is C4H9Cl2N3. The number of rotatable bonds is 1. The molecule has 0 saturated carbocycles. The maximum Gasteiger partial charge on any atom is 1.00 e. The molecule has 0 fully saturated rings. The number of H-pyrrole nitrogens is 1. The van der Waals surface area contributed by atoms with E-state index in [0.29, 0.717) is 6.54 Å². The van der Waals surface area contributed by atoms with Gasteiger partial charge in [-0.3, -0.25) is 0 Å². The highest BCUT2D eigenvalue weighted by Crippen LogP contribution is 1.81. The molecule has 0 bridgehead atoms. The van der Waals surface area contributed by atoms with Crippen LogP contribution in [0.5, 0.6) is 0 Å². The van der Waals surface area contributed by atoms with Crippen molar-refractivity contribution in [3.63, 3.8) is 0 Å². The summed E-state index contributed by atoms with van der Waals surface area (Å²) >= 11 is 0. The molecule has 3 nitrogen and oxygen atoms in total. The largest absolute Gasteiger partial charge is 1.00 e. The van der Waals surface area contributed by atoms with Crippen LogP contribution in [0, 0.1) is 0 Å². The van der Waals surface area contributed by atoms with Crippen molar-refractivity contribution in [3.8, 4) is 0 Å². The fraction of sp³-hybridized carbons (Fsp3) is 0.250. The Hall–Kier alpha value is -0.250. The fourth-order valence-electron chi connectivity index (χ4n) is 0.410. The van der Waals surface area contributed by atoms with Crippen molar-refractivity contribution in [2.45, 2.75) is 6.54 Å². The zero-order valence-corrected chi connectivity index (χ0v) is 6.15. The molecule has 0 aliphatic rings. The average Bonchev–Trinajstić information content (AvgIpc) is 2.14. The molecular weight excluding hydrogens is 161 g/mol. The van der Waals surface area contributed by atoms with Crippen LogP contribution in [0.1, 0.15) is 8.68 Å². The van der Waals surface area contributed by atoms with E-state index in [1.165, 1.54) is 0 Å². The first-order valence-corrected chi connectivity index (χ1v) is 2.12. The first-order valence-electron chi connectivity index (χ1n) is 2.12. The third kappa shape index (κ3) is 3.35. The van der Waals surface area contributed by atoms with Crippen molar-refractivity contribution in [2.75, 3.05) is 0 Å². The van der Waals surface area contributed by atoms with Crippen molar-refractivity contribution in [2.24, 2.45) is 5.73 Å². The first-order chi connectivity index (χ1) is 3.43. The molecule has 0 radical (unpaired) electrons. The third-order valence-electron chi connectivity index (χ3n) is 0.748. The topological polar surface area (TPSA) is 54.7 Å². The SMILES string of the molecule is NCc1ncc[nH]1.[Cl-].[Cl-].[H+].[H+]. The fourth-order valence-corrected chi connectivity index (χ4v) is 0.410. The number of hydrogen-bond acceptors (Lipinski definition) is 2. The van der Waals surface area contributed by atoms with E-state index in [2.05, 4.69) is 9.97 Å². The van der Waals surface area contributed by atoms with Gasteiger partial charge in [-0.05, 0) is 0 Å². The zero-order chi connectivity index (χ0) is 5.11. The van der Waals surface area contributed by atoms with Gasteiger partial charge in [-0.1, -0.05) is 0 Å². The molecule has 3 N–H and O–H groups in total. The Morgan fingerprint density at radius 3 is 2.56 bits per heavy atom. The minimum absolute atomic E-state index is 0. The standard InChI is InChI=1S/C4H7N3.2ClH/c5-3-4-6-1-2-7-4;;/h1-2H,3,5H2,(H,6,7);2*1H. The van der Waals surface area contributed by atoms with Gasteiger partial charge in [-0.25, -0.2) is 4.98 Å². The number of hydrogen-bond donors (Lipinski definition) is 2. The predicted molar refractivity (Wildman–Crippen MR) is 28.7 cm³/mol. The van der Waals surface area contributed by atoms with Crippen molar-refractivity contribution < 1.29 is 27.7 Å². The molecule has 1 aromatic rings. The lowest BCUT2D eigenvalue weighted by Gasteiger charge is -1.80. The quantitative estimate of drug-likeness (QED) is 0.441. The Morgan fingerprint density at radius 1 is 1.67 bits per heavy atom. The normalized spacial score (nSPS) is 7.22. The maximum atomic E-state index is 5.20. The van der Waals surface area contributed by atoms with Gasteiger partial charge in [0.2, 0.25) is 0 Å². The second-order valence-corrected chi connectivity index (χ2v) is 1.24. The van der Waals surface area contributed by atoms with Gasteiger partial charge in [0.05, 0.1) is 6.54 Å². The zero-order valence-electron chi connectivity index (χ0n) is 6.64. The second-order valence-electron chi connectivity index (χ2n) is 1.24. The molecule has 5 heteroatoms. The molecule has 0 spiro atoms. The van der Waals surface area contributed by atoms with Crippen LogP contribution in [0.25, 0.3) is 0 Å². The van der Waals surface area contributed by atoms with Gasteiger partial charge < -0.3 is 35.5 Å². The molecule has 0 saturated heterocycles. The van der Waals surface area contributed by atoms with Crippen LogP contribution in [0.4, 0.5) is 0 Å². The molecule has 0 aliphatic carbocycles. The molecule has 0 aliphatic heterocycles. The Morgan fingerprint density at radius 2 is 2.33 bits per heavy atom. The van der Waals surface area contributed by atoms with Crippen LogP contribution in [0.15, 0.2) is 12.4 Å². The molecule has 0 unspecified atom stereocenters. The molecule has 0 aromatic carbocycles. The summed E-state index contributed by atoms with van der Waals surface area (Å²) in [6.45, 7) is 0.493. The minimum atomic E-state index is 0. The summed E-state index contributed by atoms with van der Waals surface area (Å²) in [5.41, 5.74) is 5.20. The Bertz CT molecular complexity index is 136.